The summed E-state index contributed by atoms with van der Waals surface area (Å²) in [6.07, 6.45) is 3.45. The second-order valence-electron chi connectivity index (χ2n) is 1.89. The standard InChI is InChI=1S/C4H2O3.C4H6O/c5-3-1-2-4(6)7-3;1-3-4(2)5/h1-2H;3H,1H2,2H3. The van der Waals surface area contributed by atoms with Crippen LogP contribution >= 0.6 is 0 Å². The van der Waals surface area contributed by atoms with Crippen molar-refractivity contribution in [2.75, 3.05) is 0 Å². The van der Waals surface area contributed by atoms with Crippen LogP contribution in [-0.2, 0) is 19.1 Å². The Kier molecular flexibility index (Phi) is 4.30. The molecule has 0 fully saturated rings. The highest BCUT2D eigenvalue weighted by Gasteiger charge is 2.10. The molecule has 4 heteroatoms. The van der Waals surface area contributed by atoms with Gasteiger partial charge in [-0.05, 0) is 13.0 Å². The fourth-order valence-corrected chi connectivity index (χ4v) is 0.303. The Morgan fingerprint density at radius 3 is 1.83 bits per heavy atom. The van der Waals surface area contributed by atoms with Crippen LogP contribution in [0.5, 0.6) is 0 Å². The largest absolute Gasteiger partial charge is 0.387 e. The summed E-state index contributed by atoms with van der Waals surface area (Å²) in [5, 5.41) is 0. The van der Waals surface area contributed by atoms with Gasteiger partial charge in [0.2, 0.25) is 0 Å². The number of rotatable bonds is 1. The Bertz CT molecular complexity index is 234. The van der Waals surface area contributed by atoms with E-state index in [9.17, 15) is 14.4 Å². The van der Waals surface area contributed by atoms with Crippen LogP contribution in [0.1, 0.15) is 6.92 Å². The van der Waals surface area contributed by atoms with Crippen LogP contribution < -0.4 is 0 Å². The summed E-state index contributed by atoms with van der Waals surface area (Å²) in [6.45, 7) is 4.68. The molecule has 0 atom stereocenters. The maximum atomic E-state index is 9.92. The molecule has 0 bridgehead atoms. The molecule has 1 aliphatic rings. The third-order valence-corrected chi connectivity index (χ3v) is 0.844. The molecule has 0 spiro atoms. The Balaban J connectivity index is 0.000000217. The maximum absolute atomic E-state index is 9.92. The van der Waals surface area contributed by atoms with E-state index >= 15 is 0 Å². The number of esters is 2. The quantitative estimate of drug-likeness (QED) is 0.323. The average Bonchev–Trinajstić information content (AvgIpc) is 2.36. The van der Waals surface area contributed by atoms with Crippen LogP contribution in [0.3, 0.4) is 0 Å². The number of allylic oxidation sites excluding steroid dienone is 1. The predicted molar refractivity (Wildman–Crippen MR) is 41.1 cm³/mol. The molecule has 0 saturated carbocycles. The van der Waals surface area contributed by atoms with Crippen LogP contribution in [0.2, 0.25) is 0 Å². The molecular weight excluding hydrogens is 160 g/mol. The van der Waals surface area contributed by atoms with Crippen molar-refractivity contribution in [1.82, 2.24) is 0 Å². The molecule has 0 N–H and O–H groups in total. The minimum atomic E-state index is -0.579. The Labute approximate surface area is 69.5 Å². The second kappa shape index (κ2) is 5.01. The van der Waals surface area contributed by atoms with Crippen molar-refractivity contribution >= 4 is 17.7 Å². The number of cyclic esters (lactones) is 2. The lowest BCUT2D eigenvalue weighted by atomic mass is 10.5. The highest BCUT2D eigenvalue weighted by molar-refractivity contribution is 6.04. The topological polar surface area (TPSA) is 60.4 Å². The first-order valence-corrected chi connectivity index (χ1v) is 3.13. The van der Waals surface area contributed by atoms with E-state index in [1.54, 1.807) is 0 Å². The first-order valence-electron chi connectivity index (χ1n) is 3.13. The van der Waals surface area contributed by atoms with Crippen molar-refractivity contribution in [3.63, 3.8) is 0 Å². The summed E-state index contributed by atoms with van der Waals surface area (Å²) in [7, 11) is 0. The predicted octanol–water partition coefficient (Wildman–Crippen LogP) is 0.387. The van der Waals surface area contributed by atoms with Gasteiger partial charge in [-0.25, -0.2) is 9.59 Å². The van der Waals surface area contributed by atoms with Gasteiger partial charge in [0.05, 0.1) is 0 Å². The van der Waals surface area contributed by atoms with Gasteiger partial charge in [0.25, 0.3) is 0 Å². The van der Waals surface area contributed by atoms with Gasteiger partial charge in [0.15, 0.2) is 5.78 Å². The first kappa shape index (κ1) is 10.3. The molecule has 4 nitrogen and oxygen atoms in total. The summed E-state index contributed by atoms with van der Waals surface area (Å²) >= 11 is 0. The van der Waals surface area contributed by atoms with Crippen LogP contribution in [0, 0.1) is 0 Å². The fraction of sp³-hybridized carbons (Fsp3) is 0.125. The number of carbonyl (C=O) groups excluding carboxylic acids is 3. The van der Waals surface area contributed by atoms with E-state index in [2.05, 4.69) is 11.3 Å². The lowest BCUT2D eigenvalue weighted by Crippen LogP contribution is -1.96. The van der Waals surface area contributed by atoms with E-state index in [0.717, 1.165) is 12.2 Å². The summed E-state index contributed by atoms with van der Waals surface area (Å²) in [6, 6.07) is 0. The van der Waals surface area contributed by atoms with Gasteiger partial charge in [0.1, 0.15) is 0 Å². The van der Waals surface area contributed by atoms with Crippen molar-refractivity contribution in [3.05, 3.63) is 24.8 Å². The van der Waals surface area contributed by atoms with Crippen molar-refractivity contribution in [2.24, 2.45) is 0 Å². The smallest absolute Gasteiger partial charge is 0.338 e. The van der Waals surface area contributed by atoms with Gasteiger partial charge in [-0.3, -0.25) is 4.79 Å². The van der Waals surface area contributed by atoms with E-state index < -0.39 is 11.9 Å². The SMILES string of the molecule is C=CC(C)=O.O=C1C=CC(=O)O1. The van der Waals surface area contributed by atoms with Crippen LogP contribution in [-0.4, -0.2) is 17.7 Å². The third-order valence-electron chi connectivity index (χ3n) is 0.844. The molecule has 0 aromatic carbocycles. The number of hydrogen-bond donors (Lipinski definition) is 0. The molecule has 1 aliphatic heterocycles. The van der Waals surface area contributed by atoms with Crippen molar-refractivity contribution in [1.29, 1.82) is 0 Å². The molecule has 64 valence electrons. The fourth-order valence-electron chi connectivity index (χ4n) is 0.303. The minimum Gasteiger partial charge on any atom is -0.387 e. The van der Waals surface area contributed by atoms with E-state index in [1.807, 2.05) is 0 Å². The average molecular weight is 168 g/mol. The molecular formula is C8H8O4. The number of carbonyl (C=O) groups is 3. The Morgan fingerprint density at radius 2 is 1.75 bits per heavy atom. The van der Waals surface area contributed by atoms with Gasteiger partial charge in [-0.15, -0.1) is 0 Å². The maximum Gasteiger partial charge on any atom is 0.338 e. The van der Waals surface area contributed by atoms with Crippen molar-refractivity contribution in [3.8, 4) is 0 Å². The van der Waals surface area contributed by atoms with E-state index in [-0.39, 0.29) is 5.78 Å². The Hall–Kier alpha value is -1.71. The zero-order chi connectivity index (χ0) is 9.56. The monoisotopic (exact) mass is 168 g/mol. The van der Waals surface area contributed by atoms with Gasteiger partial charge in [-0.1, -0.05) is 6.58 Å². The van der Waals surface area contributed by atoms with Crippen LogP contribution in [0.15, 0.2) is 24.8 Å². The lowest BCUT2D eigenvalue weighted by molar-refractivity contribution is -0.150. The highest BCUT2D eigenvalue weighted by atomic mass is 16.6. The molecule has 12 heavy (non-hydrogen) atoms. The van der Waals surface area contributed by atoms with Crippen molar-refractivity contribution < 1.29 is 19.1 Å². The zero-order valence-electron chi connectivity index (χ0n) is 6.57. The second-order valence-corrected chi connectivity index (χ2v) is 1.89. The third kappa shape index (κ3) is 5.10. The van der Waals surface area contributed by atoms with E-state index in [1.165, 1.54) is 13.0 Å². The highest BCUT2D eigenvalue weighted by Crippen LogP contribution is 1.92. The van der Waals surface area contributed by atoms with Gasteiger partial charge in [-0.2, -0.15) is 0 Å². The van der Waals surface area contributed by atoms with E-state index in [4.69, 9.17) is 0 Å². The molecule has 0 aliphatic carbocycles. The molecule has 0 saturated heterocycles. The number of hydrogen-bond acceptors (Lipinski definition) is 4. The summed E-state index contributed by atoms with van der Waals surface area (Å²) in [4.78, 5) is 29.5. The lowest BCUT2D eigenvalue weighted by Gasteiger charge is -1.80. The molecule has 0 radical (unpaired) electrons. The normalized spacial score (nSPS) is 13.1. The number of ketones is 1. The molecule has 0 unspecified atom stereocenters. The summed E-state index contributed by atoms with van der Waals surface area (Å²) < 4.78 is 3.97. The van der Waals surface area contributed by atoms with Crippen LogP contribution in [0.25, 0.3) is 0 Å². The van der Waals surface area contributed by atoms with Gasteiger partial charge < -0.3 is 4.74 Å². The minimum absolute atomic E-state index is 0.0185. The van der Waals surface area contributed by atoms with Gasteiger partial charge >= 0.3 is 11.9 Å². The van der Waals surface area contributed by atoms with E-state index in [0.29, 0.717) is 0 Å². The number of ether oxygens (including phenoxy) is 1. The molecule has 0 aromatic heterocycles. The molecule has 1 heterocycles. The summed E-state index contributed by atoms with van der Waals surface area (Å²) in [5.41, 5.74) is 0. The molecule has 1 rings (SSSR count). The van der Waals surface area contributed by atoms with Gasteiger partial charge in [0, 0.05) is 12.2 Å². The van der Waals surface area contributed by atoms with Crippen molar-refractivity contribution in [2.45, 2.75) is 6.92 Å². The molecule has 0 amide bonds. The summed E-state index contributed by atoms with van der Waals surface area (Å²) in [5.74, 6) is -1.14. The first-order chi connectivity index (χ1) is 5.56. The van der Waals surface area contributed by atoms with Crippen LogP contribution in [0.4, 0.5) is 0 Å². The zero-order valence-corrected chi connectivity index (χ0v) is 6.57. The molecule has 0 aromatic rings. The Morgan fingerprint density at radius 1 is 1.42 bits per heavy atom.